The minimum Gasteiger partial charge on any atom is -0.395 e. The molecule has 7 heteroatoms. The Morgan fingerprint density at radius 2 is 1.83 bits per heavy atom. The highest BCUT2D eigenvalue weighted by Gasteiger charge is 2.17. The molecule has 0 bridgehead atoms. The minimum absolute atomic E-state index is 0.232. The number of aryl methyl sites for hydroxylation is 2. The Hall–Kier alpha value is -3.28. The molecule has 4 aromatic rings. The topological polar surface area (TPSA) is 75.4 Å². The molecule has 2 N–H and O–H groups in total. The fourth-order valence-corrected chi connectivity index (χ4v) is 5.76. The summed E-state index contributed by atoms with van der Waals surface area (Å²) >= 11 is 1.80. The molecule has 1 saturated heterocycles. The van der Waals surface area contributed by atoms with Crippen LogP contribution in [0.25, 0.3) is 22.0 Å². The van der Waals surface area contributed by atoms with Crippen LogP contribution in [-0.4, -0.2) is 59.2 Å². The number of hydrogen-bond donors (Lipinski definition) is 2. The van der Waals surface area contributed by atoms with Crippen molar-refractivity contribution in [2.75, 3.05) is 44.6 Å². The molecule has 0 unspecified atom stereocenters. The second-order valence-electron chi connectivity index (χ2n) is 9.48. The molecule has 2 aromatic heterocycles. The highest BCUT2D eigenvalue weighted by atomic mass is 32.1. The Bertz CT molecular complexity index is 1420. The van der Waals surface area contributed by atoms with Gasteiger partial charge in [-0.1, -0.05) is 29.8 Å². The second-order valence-corrected chi connectivity index (χ2v) is 10.5. The van der Waals surface area contributed by atoms with Gasteiger partial charge in [0.05, 0.1) is 23.4 Å². The molecule has 5 rings (SSSR count). The number of nitriles is 1. The van der Waals surface area contributed by atoms with Crippen molar-refractivity contribution in [3.05, 3.63) is 75.6 Å². The summed E-state index contributed by atoms with van der Waals surface area (Å²) in [5.41, 5.74) is 7.88. The normalized spacial score (nSPS) is 14.7. The summed E-state index contributed by atoms with van der Waals surface area (Å²) in [4.78, 5) is 10.8. The maximum absolute atomic E-state index is 9.73. The van der Waals surface area contributed by atoms with Gasteiger partial charge in [-0.25, -0.2) is 0 Å². The van der Waals surface area contributed by atoms with Gasteiger partial charge in [0, 0.05) is 61.4 Å². The van der Waals surface area contributed by atoms with E-state index in [9.17, 15) is 5.26 Å². The molecule has 1 fully saturated rings. The van der Waals surface area contributed by atoms with Crippen LogP contribution >= 0.6 is 11.3 Å². The Labute approximate surface area is 216 Å². The summed E-state index contributed by atoms with van der Waals surface area (Å²) in [6, 6.07) is 17.2. The monoisotopic (exact) mass is 497 g/mol. The molecule has 0 saturated carbocycles. The van der Waals surface area contributed by atoms with Gasteiger partial charge in [-0.2, -0.15) is 5.26 Å². The lowest BCUT2D eigenvalue weighted by molar-refractivity contribution is 0.109. The molecule has 184 valence electrons. The number of aliphatic hydroxyl groups excluding tert-OH is 1. The predicted molar refractivity (Wildman–Crippen MR) is 148 cm³/mol. The fourth-order valence-electron chi connectivity index (χ4n) is 4.83. The summed E-state index contributed by atoms with van der Waals surface area (Å²) in [5.74, 6) is 0. The summed E-state index contributed by atoms with van der Waals surface area (Å²) in [5, 5.41) is 25.5. The lowest BCUT2D eigenvalue weighted by Crippen LogP contribution is -2.46. The lowest BCUT2D eigenvalue weighted by Gasteiger charge is -2.34. The van der Waals surface area contributed by atoms with E-state index in [2.05, 4.69) is 87.9 Å². The molecule has 1 aliphatic heterocycles. The van der Waals surface area contributed by atoms with Crippen molar-refractivity contribution < 1.29 is 5.11 Å². The van der Waals surface area contributed by atoms with Gasteiger partial charge in [-0.3, -0.25) is 14.8 Å². The zero-order valence-corrected chi connectivity index (χ0v) is 21.6. The average molecular weight is 498 g/mol. The van der Waals surface area contributed by atoms with Gasteiger partial charge in [0.1, 0.15) is 6.07 Å². The van der Waals surface area contributed by atoms with Crippen molar-refractivity contribution in [3.8, 4) is 17.2 Å². The van der Waals surface area contributed by atoms with E-state index in [1.54, 1.807) is 17.5 Å². The zero-order chi connectivity index (χ0) is 25.1. The predicted octanol–water partition coefficient (Wildman–Crippen LogP) is 5.31. The number of nitrogens with zero attached hydrogens (tertiary/aromatic N) is 4. The minimum atomic E-state index is 0.232. The van der Waals surface area contributed by atoms with E-state index in [4.69, 9.17) is 5.11 Å². The van der Waals surface area contributed by atoms with Gasteiger partial charge in [-0.15, -0.1) is 11.3 Å². The maximum atomic E-state index is 9.73. The van der Waals surface area contributed by atoms with Crippen LogP contribution in [0, 0.1) is 25.2 Å². The molecule has 6 nitrogen and oxygen atoms in total. The van der Waals surface area contributed by atoms with E-state index >= 15 is 0 Å². The van der Waals surface area contributed by atoms with E-state index in [-0.39, 0.29) is 6.61 Å². The van der Waals surface area contributed by atoms with Crippen molar-refractivity contribution >= 4 is 33.6 Å². The molecular formula is C29H31N5OS. The van der Waals surface area contributed by atoms with Crippen LogP contribution in [0.5, 0.6) is 0 Å². The van der Waals surface area contributed by atoms with Crippen LogP contribution < -0.4 is 5.32 Å². The highest BCUT2D eigenvalue weighted by molar-refractivity contribution is 7.10. The quantitative estimate of drug-likeness (QED) is 0.361. The first-order chi connectivity index (χ1) is 17.5. The SMILES string of the molecule is Cc1ccc(Nc2c(C#N)cnc3cc(-c4csc(CN5CCN(CCO)CC5)c4)ccc23)c(C)c1. The largest absolute Gasteiger partial charge is 0.395 e. The van der Waals surface area contributed by atoms with Crippen molar-refractivity contribution in [2.45, 2.75) is 20.4 Å². The Kier molecular flexibility index (Phi) is 7.30. The molecule has 0 amide bonds. The third kappa shape index (κ3) is 5.28. The lowest BCUT2D eigenvalue weighted by atomic mass is 10.0. The number of aromatic nitrogens is 1. The summed E-state index contributed by atoms with van der Waals surface area (Å²) in [6.45, 7) is 10.2. The smallest absolute Gasteiger partial charge is 0.103 e. The number of pyridine rings is 1. The first kappa shape index (κ1) is 24.4. The van der Waals surface area contributed by atoms with Gasteiger partial charge in [0.25, 0.3) is 0 Å². The number of anilines is 2. The van der Waals surface area contributed by atoms with Gasteiger partial charge in [-0.05, 0) is 54.1 Å². The number of β-amino-alcohol motifs (C(OH)–C–C–N with tert-alkyl or cyclic N) is 1. The molecule has 0 radical (unpaired) electrons. The number of hydrogen-bond acceptors (Lipinski definition) is 7. The van der Waals surface area contributed by atoms with Gasteiger partial charge >= 0.3 is 0 Å². The summed E-state index contributed by atoms with van der Waals surface area (Å²) in [7, 11) is 0. The van der Waals surface area contributed by atoms with Crippen LogP contribution in [0.4, 0.5) is 11.4 Å². The van der Waals surface area contributed by atoms with Crippen LogP contribution in [-0.2, 0) is 6.54 Å². The standard InChI is InChI=1S/C29H31N5OS/c1-20-3-6-27(21(2)13-20)32-29-24(16-30)17-31-28-15-22(4-5-26(28)29)23-14-25(36-19-23)18-34-9-7-33(8-10-34)11-12-35/h3-6,13-15,17,19,35H,7-12,18H2,1-2H3,(H,31,32). The Morgan fingerprint density at radius 3 is 2.58 bits per heavy atom. The van der Waals surface area contributed by atoms with Crippen molar-refractivity contribution in [1.29, 1.82) is 5.26 Å². The molecule has 0 aliphatic carbocycles. The molecule has 0 atom stereocenters. The average Bonchev–Trinajstić information content (AvgIpc) is 3.35. The van der Waals surface area contributed by atoms with Crippen molar-refractivity contribution in [1.82, 2.24) is 14.8 Å². The van der Waals surface area contributed by atoms with Crippen LogP contribution in [0.2, 0.25) is 0 Å². The molecule has 3 heterocycles. The number of nitrogens with one attached hydrogen (secondary N) is 1. The number of fused-ring (bicyclic) bond motifs is 1. The first-order valence-corrected chi connectivity index (χ1v) is 13.2. The summed E-state index contributed by atoms with van der Waals surface area (Å²) < 4.78 is 0. The van der Waals surface area contributed by atoms with Gasteiger partial charge < -0.3 is 10.4 Å². The molecule has 2 aromatic carbocycles. The second kappa shape index (κ2) is 10.8. The van der Waals surface area contributed by atoms with E-state index in [1.165, 1.54) is 16.0 Å². The first-order valence-electron chi connectivity index (χ1n) is 12.3. The van der Waals surface area contributed by atoms with Crippen LogP contribution in [0.3, 0.4) is 0 Å². The highest BCUT2D eigenvalue weighted by Crippen LogP contribution is 2.34. The van der Waals surface area contributed by atoms with Crippen molar-refractivity contribution in [3.63, 3.8) is 0 Å². The molecule has 1 aliphatic rings. The van der Waals surface area contributed by atoms with Crippen molar-refractivity contribution in [2.24, 2.45) is 0 Å². The van der Waals surface area contributed by atoms with E-state index in [0.717, 1.165) is 72.7 Å². The zero-order valence-electron chi connectivity index (χ0n) is 20.8. The summed E-state index contributed by atoms with van der Waals surface area (Å²) in [6.07, 6.45) is 1.66. The maximum Gasteiger partial charge on any atom is 0.103 e. The number of rotatable bonds is 7. The molecule has 0 spiro atoms. The Morgan fingerprint density at radius 1 is 1.03 bits per heavy atom. The number of aliphatic hydroxyl groups is 1. The van der Waals surface area contributed by atoms with Gasteiger partial charge in [0.2, 0.25) is 0 Å². The number of piperazine rings is 1. The number of thiophene rings is 1. The van der Waals surface area contributed by atoms with E-state index < -0.39 is 0 Å². The van der Waals surface area contributed by atoms with Gasteiger partial charge in [0.15, 0.2) is 0 Å². The fraction of sp³-hybridized carbons (Fsp3) is 0.310. The number of benzene rings is 2. The van der Waals surface area contributed by atoms with Crippen LogP contribution in [0.15, 0.2) is 54.0 Å². The van der Waals surface area contributed by atoms with E-state index in [0.29, 0.717) is 5.56 Å². The van der Waals surface area contributed by atoms with Crippen LogP contribution in [0.1, 0.15) is 21.6 Å². The van der Waals surface area contributed by atoms with E-state index in [1.807, 2.05) is 0 Å². The third-order valence-electron chi connectivity index (χ3n) is 6.88. The Balaban J connectivity index is 1.37. The third-order valence-corrected chi connectivity index (χ3v) is 7.80. The molecule has 36 heavy (non-hydrogen) atoms. The molecular weight excluding hydrogens is 466 g/mol.